The first-order valence-corrected chi connectivity index (χ1v) is 9.60. The number of carbonyl (C=O) groups excluding carboxylic acids is 2. The maximum Gasteiger partial charge on any atom is 0.231 e. The lowest BCUT2D eigenvalue weighted by atomic mass is 10.1. The number of hydrogen-bond acceptors (Lipinski definition) is 5. The molecular formula is C25H19FO5. The molecule has 0 saturated heterocycles. The van der Waals surface area contributed by atoms with Crippen molar-refractivity contribution in [3.63, 3.8) is 0 Å². The van der Waals surface area contributed by atoms with Gasteiger partial charge in [-0.15, -0.1) is 0 Å². The quantitative estimate of drug-likeness (QED) is 0.416. The highest BCUT2D eigenvalue weighted by Gasteiger charge is 2.30. The van der Waals surface area contributed by atoms with E-state index in [0.29, 0.717) is 33.9 Å². The standard InChI is InChI=1S/C25H19FO5/c1-15-22(30-14-21(27)16-7-9-18(29-2)10-8-16)12-11-19-24(28)23(31-25(15)19)13-17-5-3-4-6-20(17)26/h3-13H,14H2,1-2H3/b23-13-. The molecule has 0 spiro atoms. The first kappa shape index (κ1) is 20.3. The lowest BCUT2D eigenvalue weighted by Crippen LogP contribution is -2.12. The smallest absolute Gasteiger partial charge is 0.231 e. The molecule has 1 aliphatic heterocycles. The summed E-state index contributed by atoms with van der Waals surface area (Å²) in [4.78, 5) is 25.1. The molecule has 5 nitrogen and oxygen atoms in total. The summed E-state index contributed by atoms with van der Waals surface area (Å²) in [5.74, 6) is 0.507. The van der Waals surface area contributed by atoms with Crippen molar-refractivity contribution in [2.45, 2.75) is 6.92 Å². The number of methoxy groups -OCH3 is 1. The van der Waals surface area contributed by atoms with Crippen molar-refractivity contribution < 1.29 is 28.2 Å². The SMILES string of the molecule is COc1ccc(C(=O)COc2ccc3c(c2C)O/C(=C\c2ccccc2F)C3=O)cc1. The summed E-state index contributed by atoms with van der Waals surface area (Å²) in [7, 11) is 1.56. The van der Waals surface area contributed by atoms with Crippen molar-refractivity contribution in [2.75, 3.05) is 13.7 Å². The molecule has 0 N–H and O–H groups in total. The molecule has 6 heteroatoms. The highest BCUT2D eigenvalue weighted by Crippen LogP contribution is 2.39. The van der Waals surface area contributed by atoms with Crippen molar-refractivity contribution in [3.05, 3.63) is 94.5 Å². The summed E-state index contributed by atoms with van der Waals surface area (Å²) in [6, 6.07) is 16.1. The molecule has 0 saturated carbocycles. The third kappa shape index (κ3) is 4.05. The minimum absolute atomic E-state index is 0.0367. The maximum absolute atomic E-state index is 13.9. The van der Waals surface area contributed by atoms with E-state index in [1.54, 1.807) is 68.6 Å². The van der Waals surface area contributed by atoms with Crippen LogP contribution in [-0.2, 0) is 0 Å². The summed E-state index contributed by atoms with van der Waals surface area (Å²) >= 11 is 0. The first-order valence-electron chi connectivity index (χ1n) is 9.60. The van der Waals surface area contributed by atoms with Crippen LogP contribution in [0.15, 0.2) is 66.4 Å². The first-order chi connectivity index (χ1) is 15.0. The summed E-state index contributed by atoms with van der Waals surface area (Å²) in [6.07, 6.45) is 1.38. The zero-order valence-corrected chi connectivity index (χ0v) is 17.0. The average molecular weight is 418 g/mol. The highest BCUT2D eigenvalue weighted by molar-refractivity contribution is 6.15. The maximum atomic E-state index is 13.9. The summed E-state index contributed by atoms with van der Waals surface area (Å²) in [6.45, 7) is 1.57. The van der Waals surface area contributed by atoms with Crippen LogP contribution in [0.2, 0.25) is 0 Å². The van der Waals surface area contributed by atoms with Crippen LogP contribution in [0.5, 0.6) is 17.2 Å². The molecule has 0 bridgehead atoms. The van der Waals surface area contributed by atoms with Crippen LogP contribution in [0.3, 0.4) is 0 Å². The van der Waals surface area contributed by atoms with Gasteiger partial charge >= 0.3 is 0 Å². The van der Waals surface area contributed by atoms with E-state index in [-0.39, 0.29) is 29.5 Å². The van der Waals surface area contributed by atoms with Gasteiger partial charge in [-0.1, -0.05) is 18.2 Å². The van der Waals surface area contributed by atoms with Crippen LogP contribution in [0.25, 0.3) is 6.08 Å². The van der Waals surface area contributed by atoms with Gasteiger partial charge in [0.05, 0.1) is 12.7 Å². The number of hydrogen-bond donors (Lipinski definition) is 0. The van der Waals surface area contributed by atoms with Gasteiger partial charge in [-0.25, -0.2) is 4.39 Å². The van der Waals surface area contributed by atoms with Crippen LogP contribution in [0, 0.1) is 12.7 Å². The number of carbonyl (C=O) groups is 2. The second-order valence-electron chi connectivity index (χ2n) is 6.97. The highest BCUT2D eigenvalue weighted by atomic mass is 19.1. The van der Waals surface area contributed by atoms with E-state index in [0.717, 1.165) is 0 Å². The molecule has 3 aromatic rings. The molecule has 0 radical (unpaired) electrons. The third-order valence-corrected chi connectivity index (χ3v) is 5.00. The van der Waals surface area contributed by atoms with Gasteiger partial charge in [0, 0.05) is 16.7 Å². The van der Waals surface area contributed by atoms with Crippen molar-refractivity contribution in [3.8, 4) is 17.2 Å². The second-order valence-corrected chi connectivity index (χ2v) is 6.97. The Morgan fingerprint density at radius 1 is 1.06 bits per heavy atom. The molecule has 0 aromatic heterocycles. The monoisotopic (exact) mass is 418 g/mol. The van der Waals surface area contributed by atoms with Crippen molar-refractivity contribution in [2.24, 2.45) is 0 Å². The second kappa shape index (κ2) is 8.44. The van der Waals surface area contributed by atoms with Crippen LogP contribution >= 0.6 is 0 Å². The van der Waals surface area contributed by atoms with Gasteiger partial charge < -0.3 is 14.2 Å². The normalized spacial score (nSPS) is 13.6. The molecule has 1 heterocycles. The molecule has 0 atom stereocenters. The number of ketones is 2. The average Bonchev–Trinajstić information content (AvgIpc) is 3.11. The number of ether oxygens (including phenoxy) is 3. The van der Waals surface area contributed by atoms with Crippen molar-refractivity contribution in [1.29, 1.82) is 0 Å². The van der Waals surface area contributed by atoms with Gasteiger partial charge in [-0.2, -0.15) is 0 Å². The Bertz CT molecular complexity index is 1200. The lowest BCUT2D eigenvalue weighted by Gasteiger charge is -2.11. The molecular weight excluding hydrogens is 399 g/mol. The minimum Gasteiger partial charge on any atom is -0.497 e. The van der Waals surface area contributed by atoms with Gasteiger partial charge in [0.1, 0.15) is 23.1 Å². The van der Waals surface area contributed by atoms with E-state index in [1.807, 2.05) is 0 Å². The number of Topliss-reactive ketones (excluding diaryl/α,β-unsaturated/α-hetero) is 2. The number of allylic oxidation sites excluding steroid dienone is 1. The fourth-order valence-corrected chi connectivity index (χ4v) is 3.26. The van der Waals surface area contributed by atoms with Gasteiger partial charge in [0.15, 0.2) is 18.1 Å². The number of benzene rings is 3. The largest absolute Gasteiger partial charge is 0.497 e. The van der Waals surface area contributed by atoms with Gasteiger partial charge in [-0.05, 0) is 55.5 Å². The van der Waals surface area contributed by atoms with E-state index in [2.05, 4.69) is 0 Å². The molecule has 156 valence electrons. The molecule has 1 aliphatic rings. The molecule has 4 rings (SSSR count). The molecule has 0 unspecified atom stereocenters. The predicted molar refractivity (Wildman–Crippen MR) is 113 cm³/mol. The van der Waals surface area contributed by atoms with Crippen LogP contribution in [0.4, 0.5) is 4.39 Å². The molecule has 0 fully saturated rings. The Labute approximate surface area is 178 Å². The van der Waals surface area contributed by atoms with E-state index in [9.17, 15) is 14.0 Å². The number of halogens is 1. The summed E-state index contributed by atoms with van der Waals surface area (Å²) in [5.41, 5.74) is 1.72. The van der Waals surface area contributed by atoms with Gasteiger partial charge in [-0.3, -0.25) is 9.59 Å². The van der Waals surface area contributed by atoms with Crippen LogP contribution in [0.1, 0.15) is 31.8 Å². The molecule has 0 aliphatic carbocycles. The van der Waals surface area contributed by atoms with Gasteiger partial charge in [0.2, 0.25) is 5.78 Å². The van der Waals surface area contributed by atoms with Crippen molar-refractivity contribution >= 4 is 17.6 Å². The Morgan fingerprint density at radius 3 is 2.52 bits per heavy atom. The Hall–Kier alpha value is -3.93. The van der Waals surface area contributed by atoms with Crippen LogP contribution < -0.4 is 14.2 Å². The number of fused-ring (bicyclic) bond motifs is 1. The van der Waals surface area contributed by atoms with Gasteiger partial charge in [0.25, 0.3) is 0 Å². The van der Waals surface area contributed by atoms with E-state index < -0.39 is 5.82 Å². The van der Waals surface area contributed by atoms with E-state index >= 15 is 0 Å². The zero-order chi connectivity index (χ0) is 22.0. The van der Waals surface area contributed by atoms with Crippen LogP contribution in [-0.4, -0.2) is 25.3 Å². The van der Waals surface area contributed by atoms with Crippen molar-refractivity contribution in [1.82, 2.24) is 0 Å². The Kier molecular flexibility index (Phi) is 5.54. The Balaban J connectivity index is 1.51. The minimum atomic E-state index is -0.444. The predicted octanol–water partition coefficient (Wildman–Crippen LogP) is 5.02. The summed E-state index contributed by atoms with van der Waals surface area (Å²) < 4.78 is 30.4. The van der Waals surface area contributed by atoms with E-state index in [4.69, 9.17) is 14.2 Å². The fraction of sp³-hybridized carbons (Fsp3) is 0.120. The molecule has 0 amide bonds. The number of rotatable bonds is 6. The Morgan fingerprint density at radius 2 is 1.81 bits per heavy atom. The third-order valence-electron chi connectivity index (χ3n) is 5.00. The van der Waals surface area contributed by atoms with E-state index in [1.165, 1.54) is 12.1 Å². The molecule has 3 aromatic carbocycles. The zero-order valence-electron chi connectivity index (χ0n) is 17.0. The molecule has 31 heavy (non-hydrogen) atoms. The topological polar surface area (TPSA) is 61.8 Å². The lowest BCUT2D eigenvalue weighted by molar-refractivity contribution is 0.0920. The fourth-order valence-electron chi connectivity index (χ4n) is 3.26. The summed E-state index contributed by atoms with van der Waals surface area (Å²) in [5, 5.41) is 0.